The van der Waals surface area contributed by atoms with Crippen LogP contribution in [0.4, 0.5) is 5.69 Å². The highest BCUT2D eigenvalue weighted by atomic mass is 35.5. The number of alkyl halides is 1. The quantitative estimate of drug-likeness (QED) is 0.725. The van der Waals surface area contributed by atoms with E-state index >= 15 is 0 Å². The van der Waals surface area contributed by atoms with Gasteiger partial charge in [0.05, 0.1) is 0 Å². The lowest BCUT2D eigenvalue weighted by Gasteiger charge is -2.22. The van der Waals surface area contributed by atoms with Crippen LogP contribution in [0.15, 0.2) is 24.3 Å². The highest BCUT2D eigenvalue weighted by Gasteiger charge is 2.18. The minimum absolute atomic E-state index is 0.0511. The first-order chi connectivity index (χ1) is 7.06. The molecule has 1 aromatic carbocycles. The van der Waals surface area contributed by atoms with Crippen LogP contribution in [0.2, 0.25) is 0 Å². The van der Waals surface area contributed by atoms with Gasteiger partial charge in [-0.15, -0.1) is 11.6 Å². The molecule has 0 saturated carbocycles. The lowest BCUT2D eigenvalue weighted by atomic mass is 10.2. The minimum Gasteiger partial charge on any atom is -0.311 e. The van der Waals surface area contributed by atoms with Gasteiger partial charge in [-0.05, 0) is 38.5 Å². The Labute approximate surface area is 95.8 Å². The summed E-state index contributed by atoms with van der Waals surface area (Å²) in [5.41, 5.74) is 2.05. The van der Waals surface area contributed by atoms with Crippen molar-refractivity contribution in [1.29, 1.82) is 0 Å². The van der Waals surface area contributed by atoms with Gasteiger partial charge in [-0.2, -0.15) is 0 Å². The van der Waals surface area contributed by atoms with Gasteiger partial charge >= 0.3 is 0 Å². The van der Waals surface area contributed by atoms with Gasteiger partial charge in [0.2, 0.25) is 5.91 Å². The van der Waals surface area contributed by atoms with Gasteiger partial charge in [-0.1, -0.05) is 12.1 Å². The normalized spacial score (nSPS) is 12.3. The van der Waals surface area contributed by atoms with Crippen molar-refractivity contribution < 1.29 is 4.79 Å². The zero-order valence-electron chi connectivity index (χ0n) is 9.33. The molecule has 0 bridgehead atoms. The van der Waals surface area contributed by atoms with Gasteiger partial charge in [0.1, 0.15) is 5.38 Å². The molecule has 0 spiro atoms. The molecule has 15 heavy (non-hydrogen) atoms. The summed E-state index contributed by atoms with van der Waals surface area (Å²) in [5, 5.41) is -0.481. The molecule has 0 aromatic heterocycles. The maximum absolute atomic E-state index is 11.8. The monoisotopic (exact) mass is 225 g/mol. The summed E-state index contributed by atoms with van der Waals surface area (Å²) in [7, 11) is 0. The molecule has 0 heterocycles. The SMILES string of the molecule is CCN(C(=O)[C@H](C)Cl)c1cccc(C)c1. The van der Waals surface area contributed by atoms with Gasteiger partial charge in [0.25, 0.3) is 0 Å². The Kier molecular flexibility index (Phi) is 4.15. The van der Waals surface area contributed by atoms with Crippen LogP contribution in [0, 0.1) is 6.92 Å². The van der Waals surface area contributed by atoms with Crippen LogP contribution in [0.5, 0.6) is 0 Å². The molecule has 1 atom stereocenters. The number of nitrogens with zero attached hydrogens (tertiary/aromatic N) is 1. The molecule has 1 aromatic rings. The lowest BCUT2D eigenvalue weighted by molar-refractivity contribution is -0.117. The highest BCUT2D eigenvalue weighted by Crippen LogP contribution is 2.17. The molecule has 0 saturated heterocycles. The molecule has 0 aliphatic rings. The first kappa shape index (κ1) is 12.1. The van der Waals surface area contributed by atoms with Crippen molar-refractivity contribution in [2.45, 2.75) is 26.1 Å². The molecular formula is C12H16ClNO. The molecule has 1 rings (SSSR count). The first-order valence-electron chi connectivity index (χ1n) is 5.08. The van der Waals surface area contributed by atoms with E-state index in [2.05, 4.69) is 0 Å². The average Bonchev–Trinajstić information content (AvgIpc) is 2.18. The van der Waals surface area contributed by atoms with Crippen LogP contribution >= 0.6 is 11.6 Å². The lowest BCUT2D eigenvalue weighted by Crippen LogP contribution is -2.35. The third-order valence-electron chi connectivity index (χ3n) is 2.24. The Balaban J connectivity index is 2.97. The summed E-state index contributed by atoms with van der Waals surface area (Å²) in [6.45, 7) is 6.28. The zero-order valence-corrected chi connectivity index (χ0v) is 10.1. The topological polar surface area (TPSA) is 20.3 Å². The summed E-state index contributed by atoms with van der Waals surface area (Å²) in [6, 6.07) is 7.86. The fraction of sp³-hybridized carbons (Fsp3) is 0.417. The van der Waals surface area contributed by atoms with E-state index < -0.39 is 5.38 Å². The van der Waals surface area contributed by atoms with E-state index in [0.717, 1.165) is 11.3 Å². The average molecular weight is 226 g/mol. The molecule has 2 nitrogen and oxygen atoms in total. The molecule has 82 valence electrons. The number of benzene rings is 1. The van der Waals surface area contributed by atoms with Crippen molar-refractivity contribution >= 4 is 23.2 Å². The number of hydrogen-bond acceptors (Lipinski definition) is 1. The second-order valence-corrected chi connectivity index (χ2v) is 4.19. The van der Waals surface area contributed by atoms with E-state index in [9.17, 15) is 4.79 Å². The third-order valence-corrected chi connectivity index (χ3v) is 2.42. The number of carbonyl (C=O) groups excluding carboxylic acids is 1. The van der Waals surface area contributed by atoms with Crippen molar-refractivity contribution in [3.05, 3.63) is 29.8 Å². The van der Waals surface area contributed by atoms with Crippen LogP contribution in [0.25, 0.3) is 0 Å². The predicted octanol–water partition coefficient (Wildman–Crippen LogP) is 2.98. The first-order valence-corrected chi connectivity index (χ1v) is 5.52. The summed E-state index contributed by atoms with van der Waals surface area (Å²) in [5.74, 6) is -0.0511. The van der Waals surface area contributed by atoms with Crippen molar-refractivity contribution in [2.75, 3.05) is 11.4 Å². The van der Waals surface area contributed by atoms with Gasteiger partial charge in [0, 0.05) is 12.2 Å². The van der Waals surface area contributed by atoms with Crippen molar-refractivity contribution in [3.63, 3.8) is 0 Å². The number of rotatable bonds is 3. The van der Waals surface area contributed by atoms with Crippen molar-refractivity contribution in [1.82, 2.24) is 0 Å². The smallest absolute Gasteiger partial charge is 0.244 e. The molecule has 0 aliphatic carbocycles. The zero-order chi connectivity index (χ0) is 11.4. The third kappa shape index (κ3) is 2.96. The molecule has 0 fully saturated rings. The Morgan fingerprint density at radius 1 is 1.53 bits per heavy atom. The van der Waals surface area contributed by atoms with E-state index in [1.165, 1.54) is 0 Å². The number of hydrogen-bond donors (Lipinski definition) is 0. The van der Waals surface area contributed by atoms with Gasteiger partial charge in [-0.3, -0.25) is 4.79 Å². The Morgan fingerprint density at radius 2 is 2.20 bits per heavy atom. The van der Waals surface area contributed by atoms with Gasteiger partial charge < -0.3 is 4.90 Å². The second kappa shape index (κ2) is 5.17. The van der Waals surface area contributed by atoms with Crippen LogP contribution in [0.3, 0.4) is 0 Å². The molecule has 0 aliphatic heterocycles. The minimum atomic E-state index is -0.481. The number of anilines is 1. The number of aryl methyl sites for hydroxylation is 1. The molecule has 0 N–H and O–H groups in total. The van der Waals surface area contributed by atoms with Crippen molar-refractivity contribution in [3.8, 4) is 0 Å². The highest BCUT2D eigenvalue weighted by molar-refractivity contribution is 6.32. The Bertz CT molecular complexity index is 349. The second-order valence-electron chi connectivity index (χ2n) is 3.54. The fourth-order valence-electron chi connectivity index (χ4n) is 1.48. The van der Waals surface area contributed by atoms with E-state index in [1.807, 2.05) is 38.1 Å². The van der Waals surface area contributed by atoms with Gasteiger partial charge in [0.15, 0.2) is 0 Å². The van der Waals surface area contributed by atoms with Gasteiger partial charge in [-0.25, -0.2) is 0 Å². The van der Waals surface area contributed by atoms with E-state index in [1.54, 1.807) is 11.8 Å². The fourth-order valence-corrected chi connectivity index (χ4v) is 1.59. The molecule has 0 unspecified atom stereocenters. The number of halogens is 1. The maximum Gasteiger partial charge on any atom is 0.244 e. The standard InChI is InChI=1S/C12H16ClNO/c1-4-14(12(15)10(3)13)11-7-5-6-9(2)8-11/h5-8,10H,4H2,1-3H3/t10-/m0/s1. The predicted molar refractivity (Wildman–Crippen MR) is 64.5 cm³/mol. The summed E-state index contributed by atoms with van der Waals surface area (Å²) in [6.07, 6.45) is 0. The number of carbonyl (C=O) groups is 1. The van der Waals surface area contributed by atoms with E-state index in [-0.39, 0.29) is 5.91 Å². The Hall–Kier alpha value is -1.02. The summed E-state index contributed by atoms with van der Waals surface area (Å²) < 4.78 is 0. The summed E-state index contributed by atoms with van der Waals surface area (Å²) >= 11 is 5.80. The molecule has 3 heteroatoms. The summed E-state index contributed by atoms with van der Waals surface area (Å²) in [4.78, 5) is 13.5. The largest absolute Gasteiger partial charge is 0.311 e. The van der Waals surface area contributed by atoms with Crippen molar-refractivity contribution in [2.24, 2.45) is 0 Å². The Morgan fingerprint density at radius 3 is 2.67 bits per heavy atom. The number of amides is 1. The maximum atomic E-state index is 11.8. The van der Waals surface area contributed by atoms with Crippen LogP contribution in [-0.2, 0) is 4.79 Å². The van der Waals surface area contributed by atoms with Crippen LogP contribution in [-0.4, -0.2) is 17.8 Å². The molecule has 0 radical (unpaired) electrons. The van der Waals surface area contributed by atoms with Crippen LogP contribution in [0.1, 0.15) is 19.4 Å². The van der Waals surface area contributed by atoms with E-state index in [4.69, 9.17) is 11.6 Å². The molecular weight excluding hydrogens is 210 g/mol. The molecule has 1 amide bonds. The van der Waals surface area contributed by atoms with Crippen LogP contribution < -0.4 is 4.90 Å². The van der Waals surface area contributed by atoms with E-state index in [0.29, 0.717) is 6.54 Å².